The first-order valence-electron chi connectivity index (χ1n) is 5.30. The smallest absolute Gasteiger partial charge is 0.323 e. The fourth-order valence-corrected chi connectivity index (χ4v) is 1.69. The molecular formula is C12H12ClNO5. The zero-order valence-electron chi connectivity index (χ0n) is 10.1. The number of aliphatic carboxylic acids is 2. The molecule has 1 amide bonds. The molecule has 1 rings (SSSR count). The Kier molecular flexibility index (Phi) is 4.88. The van der Waals surface area contributed by atoms with Crippen molar-refractivity contribution in [2.45, 2.75) is 6.92 Å². The van der Waals surface area contributed by atoms with Gasteiger partial charge in [-0.25, -0.2) is 0 Å². The van der Waals surface area contributed by atoms with Gasteiger partial charge in [0.25, 0.3) is 5.91 Å². The highest BCUT2D eigenvalue weighted by molar-refractivity contribution is 6.31. The van der Waals surface area contributed by atoms with E-state index in [1.807, 2.05) is 0 Å². The lowest BCUT2D eigenvalue weighted by Gasteiger charge is -2.19. The van der Waals surface area contributed by atoms with Crippen molar-refractivity contribution in [3.8, 4) is 0 Å². The molecule has 19 heavy (non-hydrogen) atoms. The molecule has 0 aromatic heterocycles. The number of amides is 1. The van der Waals surface area contributed by atoms with Gasteiger partial charge in [-0.3, -0.25) is 14.4 Å². The summed E-state index contributed by atoms with van der Waals surface area (Å²) in [6.07, 6.45) is 0. The van der Waals surface area contributed by atoms with Crippen molar-refractivity contribution < 1.29 is 24.6 Å². The van der Waals surface area contributed by atoms with Crippen LogP contribution in [0.5, 0.6) is 0 Å². The third kappa shape index (κ3) is 4.26. The molecule has 2 N–H and O–H groups in total. The largest absolute Gasteiger partial charge is 0.480 e. The minimum atomic E-state index is -1.28. The lowest BCUT2D eigenvalue weighted by Crippen LogP contribution is -2.39. The Morgan fingerprint density at radius 2 is 1.68 bits per heavy atom. The van der Waals surface area contributed by atoms with Gasteiger partial charge in [0.15, 0.2) is 0 Å². The van der Waals surface area contributed by atoms with Crippen LogP contribution in [0.25, 0.3) is 0 Å². The van der Waals surface area contributed by atoms with Crippen molar-refractivity contribution in [3.63, 3.8) is 0 Å². The number of halogens is 1. The first-order chi connectivity index (χ1) is 8.81. The van der Waals surface area contributed by atoms with E-state index in [9.17, 15) is 14.4 Å². The maximum absolute atomic E-state index is 12.1. The number of nitrogens with zero attached hydrogens (tertiary/aromatic N) is 1. The molecule has 1 aromatic carbocycles. The van der Waals surface area contributed by atoms with Crippen molar-refractivity contribution >= 4 is 29.4 Å². The van der Waals surface area contributed by atoms with Crippen LogP contribution in [0.3, 0.4) is 0 Å². The number of aryl methyl sites for hydroxylation is 1. The van der Waals surface area contributed by atoms with Crippen LogP contribution in [0.15, 0.2) is 18.2 Å². The Labute approximate surface area is 114 Å². The average molecular weight is 286 g/mol. The number of carboxylic acid groups (broad SMARTS) is 2. The summed E-state index contributed by atoms with van der Waals surface area (Å²) in [4.78, 5) is 34.2. The number of carbonyl (C=O) groups excluding carboxylic acids is 1. The first kappa shape index (κ1) is 15.0. The molecule has 0 aliphatic heterocycles. The molecule has 0 radical (unpaired) electrons. The van der Waals surface area contributed by atoms with Gasteiger partial charge in [0.05, 0.1) is 0 Å². The zero-order chi connectivity index (χ0) is 14.6. The van der Waals surface area contributed by atoms with Crippen LogP contribution >= 0.6 is 11.6 Å². The summed E-state index contributed by atoms with van der Waals surface area (Å²) in [5.74, 6) is -3.24. The van der Waals surface area contributed by atoms with Gasteiger partial charge in [-0.1, -0.05) is 17.7 Å². The Morgan fingerprint density at radius 1 is 1.16 bits per heavy atom. The minimum Gasteiger partial charge on any atom is -0.480 e. The summed E-state index contributed by atoms with van der Waals surface area (Å²) in [7, 11) is 0. The second kappa shape index (κ2) is 6.19. The number of hydrogen-bond donors (Lipinski definition) is 2. The molecule has 0 aliphatic rings. The van der Waals surface area contributed by atoms with Crippen LogP contribution in [-0.4, -0.2) is 46.0 Å². The molecule has 0 aliphatic carbocycles. The monoisotopic (exact) mass is 285 g/mol. The molecule has 0 unspecified atom stereocenters. The highest BCUT2D eigenvalue weighted by Gasteiger charge is 2.22. The van der Waals surface area contributed by atoms with Crippen LogP contribution in [0.1, 0.15) is 15.9 Å². The van der Waals surface area contributed by atoms with Gasteiger partial charge < -0.3 is 15.1 Å². The molecule has 102 valence electrons. The molecule has 0 bridgehead atoms. The molecule has 0 spiro atoms. The van der Waals surface area contributed by atoms with E-state index in [0.717, 1.165) is 4.90 Å². The van der Waals surface area contributed by atoms with Crippen molar-refractivity contribution in [1.29, 1.82) is 0 Å². The second-order valence-electron chi connectivity index (χ2n) is 3.91. The van der Waals surface area contributed by atoms with E-state index < -0.39 is 30.9 Å². The highest BCUT2D eigenvalue weighted by Crippen LogP contribution is 2.17. The SMILES string of the molecule is Cc1ccc(Cl)cc1C(=O)N(CC(=O)O)CC(=O)O. The molecule has 6 nitrogen and oxygen atoms in total. The highest BCUT2D eigenvalue weighted by atomic mass is 35.5. The second-order valence-corrected chi connectivity index (χ2v) is 4.34. The van der Waals surface area contributed by atoms with Crippen molar-refractivity contribution in [1.82, 2.24) is 4.90 Å². The van der Waals surface area contributed by atoms with Gasteiger partial charge in [0, 0.05) is 10.6 Å². The normalized spacial score (nSPS) is 10.0. The quantitative estimate of drug-likeness (QED) is 0.849. The molecule has 7 heteroatoms. The number of hydrogen-bond acceptors (Lipinski definition) is 3. The fraction of sp³-hybridized carbons (Fsp3) is 0.250. The van der Waals surface area contributed by atoms with E-state index in [1.54, 1.807) is 19.1 Å². The van der Waals surface area contributed by atoms with Crippen LogP contribution in [-0.2, 0) is 9.59 Å². The summed E-state index contributed by atoms with van der Waals surface area (Å²) in [6.45, 7) is 0.289. The molecule has 0 fully saturated rings. The molecule has 1 aromatic rings. The van der Waals surface area contributed by atoms with Crippen LogP contribution in [0.4, 0.5) is 0 Å². The average Bonchev–Trinajstić information content (AvgIpc) is 2.29. The zero-order valence-corrected chi connectivity index (χ0v) is 10.8. The number of rotatable bonds is 5. The van der Waals surface area contributed by atoms with Crippen LogP contribution < -0.4 is 0 Å². The Hall–Kier alpha value is -2.08. The van der Waals surface area contributed by atoms with Gasteiger partial charge in [0.1, 0.15) is 13.1 Å². The van der Waals surface area contributed by atoms with Gasteiger partial charge in [-0.2, -0.15) is 0 Å². The lowest BCUT2D eigenvalue weighted by atomic mass is 10.1. The number of carbonyl (C=O) groups is 3. The third-order valence-corrected chi connectivity index (χ3v) is 2.60. The summed E-state index contributed by atoms with van der Waals surface area (Å²) >= 11 is 5.77. The Balaban J connectivity index is 3.07. The third-order valence-electron chi connectivity index (χ3n) is 2.37. The fourth-order valence-electron chi connectivity index (χ4n) is 1.52. The Morgan fingerprint density at radius 3 is 2.16 bits per heavy atom. The standard InChI is InChI=1S/C12H12ClNO5/c1-7-2-3-8(13)4-9(7)12(19)14(5-10(15)16)6-11(17)18/h2-4H,5-6H2,1H3,(H,15,16)(H,17,18). The molecule has 0 atom stereocenters. The maximum Gasteiger partial charge on any atom is 0.323 e. The summed E-state index contributed by atoms with van der Waals surface area (Å²) < 4.78 is 0. The molecular weight excluding hydrogens is 274 g/mol. The summed E-state index contributed by atoms with van der Waals surface area (Å²) in [5.41, 5.74) is 0.783. The van der Waals surface area contributed by atoms with E-state index in [1.165, 1.54) is 6.07 Å². The van der Waals surface area contributed by atoms with E-state index in [-0.39, 0.29) is 5.56 Å². The van der Waals surface area contributed by atoms with E-state index in [2.05, 4.69) is 0 Å². The summed E-state index contributed by atoms with van der Waals surface area (Å²) in [5, 5.41) is 17.7. The topological polar surface area (TPSA) is 94.9 Å². The molecule has 0 saturated heterocycles. The van der Waals surface area contributed by atoms with E-state index >= 15 is 0 Å². The van der Waals surface area contributed by atoms with E-state index in [0.29, 0.717) is 10.6 Å². The van der Waals surface area contributed by atoms with E-state index in [4.69, 9.17) is 21.8 Å². The predicted octanol–water partition coefficient (Wildman–Crippen LogP) is 1.26. The lowest BCUT2D eigenvalue weighted by molar-refractivity contribution is -0.140. The predicted molar refractivity (Wildman–Crippen MR) is 67.4 cm³/mol. The Bertz CT molecular complexity index is 513. The molecule has 0 saturated carbocycles. The number of benzene rings is 1. The van der Waals surface area contributed by atoms with Crippen molar-refractivity contribution in [2.24, 2.45) is 0 Å². The first-order valence-corrected chi connectivity index (χ1v) is 5.68. The van der Waals surface area contributed by atoms with Gasteiger partial charge >= 0.3 is 11.9 Å². The summed E-state index contributed by atoms with van der Waals surface area (Å²) in [6, 6.07) is 4.58. The van der Waals surface area contributed by atoms with Crippen LogP contribution in [0.2, 0.25) is 5.02 Å². The number of carboxylic acids is 2. The maximum atomic E-state index is 12.1. The molecule has 0 heterocycles. The van der Waals surface area contributed by atoms with Gasteiger partial charge in [0.2, 0.25) is 0 Å². The van der Waals surface area contributed by atoms with Gasteiger partial charge in [-0.05, 0) is 24.6 Å². The minimum absolute atomic E-state index is 0.190. The van der Waals surface area contributed by atoms with Crippen LogP contribution in [0, 0.1) is 6.92 Å². The van der Waals surface area contributed by atoms with Gasteiger partial charge in [-0.15, -0.1) is 0 Å². The van der Waals surface area contributed by atoms with Crippen molar-refractivity contribution in [2.75, 3.05) is 13.1 Å². The van der Waals surface area contributed by atoms with Crippen molar-refractivity contribution in [3.05, 3.63) is 34.3 Å².